The van der Waals surface area contributed by atoms with Gasteiger partial charge in [0.05, 0.1) is 38.1 Å². The molecule has 3 N–H and O–H groups in total. The van der Waals surface area contributed by atoms with Crippen molar-refractivity contribution in [1.82, 2.24) is 15.6 Å². The number of anilines is 1. The maximum absolute atomic E-state index is 13.8. The van der Waals surface area contributed by atoms with Crippen LogP contribution in [0.5, 0.6) is 17.2 Å². The summed E-state index contributed by atoms with van der Waals surface area (Å²) in [5, 5.41) is 12.3. The van der Waals surface area contributed by atoms with Crippen molar-refractivity contribution in [3.8, 4) is 28.4 Å². The standard InChI is InChI=1S/C33H42N4O6S/c1-8-18(2)30(33(40)34-14-13-28-35-19(3)17-44-28)37-25-12-10-22-23(16-26(25)39)24(36-20(4)38)11-9-21-15-27(41-5)31(42-6)32(43-7)29(21)22/h10,12,15-18,24,30H,8-9,11,13-14H2,1-7H3,(H,34,40)(H,36,38)(H,37,39). The number of fused-ring (bicyclic) bond motifs is 3. The van der Waals surface area contributed by atoms with E-state index in [1.54, 1.807) is 44.8 Å². The van der Waals surface area contributed by atoms with Crippen LogP contribution in [0, 0.1) is 12.8 Å². The Morgan fingerprint density at radius 2 is 1.86 bits per heavy atom. The van der Waals surface area contributed by atoms with Crippen LogP contribution in [0.2, 0.25) is 0 Å². The highest BCUT2D eigenvalue weighted by molar-refractivity contribution is 7.09. The number of nitrogens with one attached hydrogen (secondary N) is 3. The summed E-state index contributed by atoms with van der Waals surface area (Å²) < 4.78 is 17.1. The minimum absolute atomic E-state index is 0.0514. The molecule has 236 valence electrons. The van der Waals surface area contributed by atoms with Gasteiger partial charge in [-0.15, -0.1) is 11.3 Å². The molecule has 1 aromatic heterocycles. The Hall–Kier alpha value is -4.12. The second-order valence-electron chi connectivity index (χ2n) is 11.0. The highest BCUT2D eigenvalue weighted by Crippen LogP contribution is 2.50. The third-order valence-electron chi connectivity index (χ3n) is 8.03. The number of carbonyl (C=O) groups excluding carboxylic acids is 2. The first-order valence-corrected chi connectivity index (χ1v) is 15.7. The fourth-order valence-corrected chi connectivity index (χ4v) is 6.39. The fourth-order valence-electron chi connectivity index (χ4n) is 5.62. The van der Waals surface area contributed by atoms with Crippen LogP contribution >= 0.6 is 11.3 Å². The lowest BCUT2D eigenvalue weighted by atomic mass is 9.95. The van der Waals surface area contributed by atoms with Gasteiger partial charge in [-0.25, -0.2) is 4.98 Å². The number of methoxy groups -OCH3 is 3. The molecule has 3 unspecified atom stereocenters. The molecule has 0 radical (unpaired) electrons. The number of ether oxygens (including phenoxy) is 3. The third kappa shape index (κ3) is 7.15. The monoisotopic (exact) mass is 622 g/mol. The van der Waals surface area contributed by atoms with E-state index in [0.29, 0.717) is 48.6 Å². The molecule has 2 aromatic carbocycles. The largest absolute Gasteiger partial charge is 0.493 e. The van der Waals surface area contributed by atoms with E-state index < -0.39 is 12.1 Å². The molecule has 11 heteroatoms. The molecule has 3 atom stereocenters. The zero-order valence-corrected chi connectivity index (χ0v) is 27.3. The maximum Gasteiger partial charge on any atom is 0.242 e. The first-order chi connectivity index (χ1) is 21.1. The van der Waals surface area contributed by atoms with E-state index in [2.05, 4.69) is 20.9 Å². The average Bonchev–Trinajstić information content (AvgIpc) is 3.28. The second kappa shape index (κ2) is 14.6. The van der Waals surface area contributed by atoms with Crippen LogP contribution in [-0.2, 0) is 22.4 Å². The SMILES string of the molecule is CCC(C)C(Nc1ccc2c(cc1=O)C(NC(C)=O)CCc1cc(OC)c(OC)c(OC)c1-2)C(=O)NCCc1nc(C)cs1. The lowest BCUT2D eigenvalue weighted by molar-refractivity contribution is -0.123. The summed E-state index contributed by atoms with van der Waals surface area (Å²) >= 11 is 1.57. The van der Waals surface area contributed by atoms with Crippen LogP contribution in [0.1, 0.15) is 61.5 Å². The van der Waals surface area contributed by atoms with Gasteiger partial charge in [0.1, 0.15) is 6.04 Å². The van der Waals surface area contributed by atoms with Gasteiger partial charge >= 0.3 is 0 Å². The molecule has 0 bridgehead atoms. The van der Waals surface area contributed by atoms with Crippen molar-refractivity contribution in [2.24, 2.45) is 5.92 Å². The van der Waals surface area contributed by atoms with Gasteiger partial charge in [-0.05, 0) is 60.6 Å². The molecule has 3 aromatic rings. The summed E-state index contributed by atoms with van der Waals surface area (Å²) in [5.74, 6) is 1.01. The van der Waals surface area contributed by atoms with Gasteiger partial charge in [0.2, 0.25) is 23.0 Å². The molecular formula is C33H42N4O6S. The van der Waals surface area contributed by atoms with Crippen molar-refractivity contribution in [3.63, 3.8) is 0 Å². The smallest absolute Gasteiger partial charge is 0.242 e. The molecule has 44 heavy (non-hydrogen) atoms. The van der Waals surface area contributed by atoms with Crippen molar-refractivity contribution in [3.05, 3.63) is 61.7 Å². The number of aromatic nitrogens is 1. The summed E-state index contributed by atoms with van der Waals surface area (Å²) in [4.78, 5) is 43.9. The van der Waals surface area contributed by atoms with Crippen molar-refractivity contribution >= 4 is 28.8 Å². The van der Waals surface area contributed by atoms with Crippen molar-refractivity contribution in [2.45, 2.75) is 65.5 Å². The summed E-state index contributed by atoms with van der Waals surface area (Å²) in [6, 6.07) is 5.97. The zero-order valence-electron chi connectivity index (χ0n) is 26.5. The fraction of sp³-hybridized carbons (Fsp3) is 0.455. The number of amides is 2. The van der Waals surface area contributed by atoms with Gasteiger partial charge in [-0.1, -0.05) is 26.3 Å². The quantitative estimate of drug-likeness (QED) is 0.263. The first-order valence-electron chi connectivity index (χ1n) is 14.8. The van der Waals surface area contributed by atoms with Crippen molar-refractivity contribution in [2.75, 3.05) is 33.2 Å². The van der Waals surface area contributed by atoms with Crippen LogP contribution in [0.25, 0.3) is 11.1 Å². The Morgan fingerprint density at radius 1 is 1.11 bits per heavy atom. The number of hydrogen-bond acceptors (Lipinski definition) is 9. The molecule has 0 saturated heterocycles. The molecule has 0 aliphatic heterocycles. The van der Waals surface area contributed by atoms with Crippen molar-refractivity contribution in [1.29, 1.82) is 0 Å². The highest BCUT2D eigenvalue weighted by atomic mass is 32.1. The zero-order chi connectivity index (χ0) is 32.0. The maximum atomic E-state index is 13.8. The van der Waals surface area contributed by atoms with E-state index in [-0.39, 0.29) is 28.8 Å². The summed E-state index contributed by atoms with van der Waals surface area (Å²) in [6.45, 7) is 7.85. The molecule has 0 spiro atoms. The Balaban J connectivity index is 1.77. The molecule has 1 aliphatic rings. The van der Waals surface area contributed by atoms with Gasteiger partial charge in [0, 0.05) is 36.5 Å². The topological polar surface area (TPSA) is 128 Å². The van der Waals surface area contributed by atoms with Crippen LogP contribution < -0.4 is 35.6 Å². The second-order valence-corrected chi connectivity index (χ2v) is 12.0. The Bertz CT molecular complexity index is 1570. The number of hydrogen-bond donors (Lipinski definition) is 3. The highest BCUT2D eigenvalue weighted by Gasteiger charge is 2.30. The van der Waals surface area contributed by atoms with Gasteiger partial charge in [0.25, 0.3) is 0 Å². The number of nitrogens with zero attached hydrogens (tertiary/aromatic N) is 1. The van der Waals surface area contributed by atoms with E-state index in [0.717, 1.165) is 33.8 Å². The number of carbonyl (C=O) groups is 2. The molecular weight excluding hydrogens is 580 g/mol. The molecule has 0 saturated carbocycles. The molecule has 4 rings (SSSR count). The molecule has 1 aliphatic carbocycles. The van der Waals surface area contributed by atoms with Gasteiger partial charge < -0.3 is 30.2 Å². The molecule has 2 amide bonds. The number of aryl methyl sites for hydroxylation is 2. The normalized spacial score (nSPS) is 15.1. The van der Waals surface area contributed by atoms with E-state index in [9.17, 15) is 14.4 Å². The number of thiazole rings is 1. The van der Waals surface area contributed by atoms with Crippen LogP contribution in [0.3, 0.4) is 0 Å². The summed E-state index contributed by atoms with van der Waals surface area (Å²) in [7, 11) is 4.68. The number of benzene rings is 1. The molecule has 10 nitrogen and oxygen atoms in total. The van der Waals surface area contributed by atoms with E-state index in [1.165, 1.54) is 6.92 Å². The predicted octanol–water partition coefficient (Wildman–Crippen LogP) is 4.81. The lowest BCUT2D eigenvalue weighted by Crippen LogP contribution is -2.45. The molecule has 0 fully saturated rings. The average molecular weight is 623 g/mol. The number of rotatable bonds is 12. The first kappa shape index (κ1) is 32.8. The van der Waals surface area contributed by atoms with E-state index >= 15 is 0 Å². The summed E-state index contributed by atoms with van der Waals surface area (Å²) in [5.41, 5.74) is 4.05. The Labute approximate surface area is 262 Å². The van der Waals surface area contributed by atoms with Gasteiger partial charge in [0.15, 0.2) is 11.5 Å². The van der Waals surface area contributed by atoms with Gasteiger partial charge in [-0.2, -0.15) is 0 Å². The van der Waals surface area contributed by atoms with Crippen LogP contribution in [0.15, 0.2) is 34.4 Å². The predicted molar refractivity (Wildman–Crippen MR) is 173 cm³/mol. The molecule has 1 heterocycles. The minimum atomic E-state index is -0.634. The van der Waals surface area contributed by atoms with Gasteiger partial charge in [-0.3, -0.25) is 14.4 Å². The lowest BCUT2D eigenvalue weighted by Gasteiger charge is -2.24. The van der Waals surface area contributed by atoms with Crippen molar-refractivity contribution < 1.29 is 23.8 Å². The van der Waals surface area contributed by atoms with E-state index in [1.807, 2.05) is 38.3 Å². The van der Waals surface area contributed by atoms with Crippen LogP contribution in [0.4, 0.5) is 5.69 Å². The minimum Gasteiger partial charge on any atom is -0.493 e. The summed E-state index contributed by atoms with van der Waals surface area (Å²) in [6.07, 6.45) is 2.53. The third-order valence-corrected chi connectivity index (χ3v) is 9.05. The van der Waals surface area contributed by atoms with Crippen LogP contribution in [-0.4, -0.2) is 50.7 Å². The van der Waals surface area contributed by atoms with E-state index in [4.69, 9.17) is 14.2 Å². The Morgan fingerprint density at radius 3 is 2.48 bits per heavy atom. The Kier molecular flexibility index (Phi) is 10.9.